The van der Waals surface area contributed by atoms with Crippen LogP contribution in [0.2, 0.25) is 0 Å². The number of benzene rings is 2. The predicted octanol–water partition coefficient (Wildman–Crippen LogP) is 3.73. The number of amides is 2. The van der Waals surface area contributed by atoms with Crippen LogP contribution in [0.25, 0.3) is 0 Å². The molecule has 0 radical (unpaired) electrons. The maximum absolute atomic E-state index is 12.1. The summed E-state index contributed by atoms with van der Waals surface area (Å²) in [6.07, 6.45) is 0. The van der Waals surface area contributed by atoms with Gasteiger partial charge in [-0.3, -0.25) is 9.59 Å². The number of carbonyl (C=O) groups excluding carboxylic acids is 2. The molecule has 0 saturated carbocycles. The number of methoxy groups -OCH3 is 1. The van der Waals surface area contributed by atoms with Gasteiger partial charge in [-0.05, 0) is 30.3 Å². The van der Waals surface area contributed by atoms with E-state index in [9.17, 15) is 9.59 Å². The molecule has 0 aliphatic rings. The number of ether oxygens (including phenoxy) is 1. The molecule has 2 rings (SSSR count). The molecule has 0 fully saturated rings. The van der Waals surface area contributed by atoms with Gasteiger partial charge in [0.1, 0.15) is 5.75 Å². The summed E-state index contributed by atoms with van der Waals surface area (Å²) < 4.78 is 5.15. The van der Waals surface area contributed by atoms with Crippen molar-refractivity contribution in [2.75, 3.05) is 29.6 Å². The van der Waals surface area contributed by atoms with Crippen molar-refractivity contribution in [3.8, 4) is 5.75 Å². The number of hydrogen-bond acceptors (Lipinski definition) is 4. The van der Waals surface area contributed by atoms with Gasteiger partial charge in [0, 0.05) is 28.5 Å². The van der Waals surface area contributed by atoms with Crippen molar-refractivity contribution in [1.29, 1.82) is 0 Å². The molecule has 0 saturated heterocycles. The van der Waals surface area contributed by atoms with Crippen molar-refractivity contribution in [3.05, 3.63) is 48.5 Å². The zero-order valence-corrected chi connectivity index (χ0v) is 15.6. The van der Waals surface area contributed by atoms with Crippen LogP contribution in [-0.2, 0) is 9.59 Å². The third kappa shape index (κ3) is 5.81. The van der Waals surface area contributed by atoms with Crippen molar-refractivity contribution >= 4 is 28.9 Å². The van der Waals surface area contributed by atoms with Crippen molar-refractivity contribution in [2.24, 2.45) is 5.41 Å². The van der Waals surface area contributed by atoms with E-state index in [-0.39, 0.29) is 18.4 Å². The maximum atomic E-state index is 12.1. The Morgan fingerprint density at radius 2 is 1.54 bits per heavy atom. The lowest BCUT2D eigenvalue weighted by molar-refractivity contribution is -0.123. The Labute approximate surface area is 153 Å². The molecule has 0 atom stereocenters. The summed E-state index contributed by atoms with van der Waals surface area (Å²) in [4.78, 5) is 24.2. The van der Waals surface area contributed by atoms with Gasteiger partial charge in [-0.15, -0.1) is 0 Å². The van der Waals surface area contributed by atoms with Gasteiger partial charge in [0.25, 0.3) is 0 Å². The highest BCUT2D eigenvalue weighted by molar-refractivity contribution is 5.97. The molecule has 138 valence electrons. The Bertz CT molecular complexity index is 782. The van der Waals surface area contributed by atoms with Gasteiger partial charge < -0.3 is 20.7 Å². The topological polar surface area (TPSA) is 79.5 Å². The van der Waals surface area contributed by atoms with Crippen LogP contribution in [0.4, 0.5) is 17.1 Å². The van der Waals surface area contributed by atoms with E-state index in [0.29, 0.717) is 11.4 Å². The molecular formula is C20H25N3O3. The summed E-state index contributed by atoms with van der Waals surface area (Å²) in [5, 5.41) is 8.70. The summed E-state index contributed by atoms with van der Waals surface area (Å²) >= 11 is 0. The number of rotatable bonds is 6. The van der Waals surface area contributed by atoms with Crippen LogP contribution in [0.15, 0.2) is 48.5 Å². The van der Waals surface area contributed by atoms with Crippen molar-refractivity contribution in [3.63, 3.8) is 0 Å². The van der Waals surface area contributed by atoms with E-state index in [1.165, 1.54) is 0 Å². The minimum absolute atomic E-state index is 0.0827. The van der Waals surface area contributed by atoms with Crippen LogP contribution in [-0.4, -0.2) is 25.5 Å². The number of nitrogens with one attached hydrogen (secondary N) is 3. The van der Waals surface area contributed by atoms with Crippen molar-refractivity contribution in [2.45, 2.75) is 20.8 Å². The average molecular weight is 355 g/mol. The summed E-state index contributed by atoms with van der Waals surface area (Å²) in [5.41, 5.74) is 1.57. The first-order chi connectivity index (χ1) is 12.3. The SMILES string of the molecule is COc1cccc(NCC(=O)Nc2cccc(NC(=O)C(C)(C)C)c2)c1. The van der Waals surface area contributed by atoms with E-state index in [1.807, 2.05) is 45.0 Å². The lowest BCUT2D eigenvalue weighted by atomic mass is 9.95. The quantitative estimate of drug-likeness (QED) is 0.738. The Morgan fingerprint density at radius 3 is 2.19 bits per heavy atom. The third-order valence-corrected chi connectivity index (χ3v) is 3.61. The standard InChI is InChI=1S/C20H25N3O3/c1-20(2,3)19(25)23-16-9-5-8-15(11-16)22-18(24)13-21-14-7-6-10-17(12-14)26-4/h5-12,21H,13H2,1-4H3,(H,22,24)(H,23,25). The molecule has 2 aromatic rings. The molecule has 6 heteroatoms. The normalized spacial score (nSPS) is 10.8. The highest BCUT2D eigenvalue weighted by Crippen LogP contribution is 2.20. The number of hydrogen-bond donors (Lipinski definition) is 3. The Balaban J connectivity index is 1.92. The molecule has 2 aromatic carbocycles. The Hall–Kier alpha value is -3.02. The maximum Gasteiger partial charge on any atom is 0.243 e. The molecule has 0 heterocycles. The summed E-state index contributed by atoms with van der Waals surface area (Å²) in [6.45, 7) is 5.65. The van der Waals surface area contributed by atoms with Crippen LogP contribution in [0.3, 0.4) is 0 Å². The lowest BCUT2D eigenvalue weighted by Gasteiger charge is -2.18. The van der Waals surface area contributed by atoms with E-state index in [4.69, 9.17) is 4.74 Å². The van der Waals surface area contributed by atoms with E-state index < -0.39 is 5.41 Å². The molecular weight excluding hydrogens is 330 g/mol. The van der Waals surface area contributed by atoms with Gasteiger partial charge in [0.15, 0.2) is 0 Å². The van der Waals surface area contributed by atoms with E-state index in [2.05, 4.69) is 16.0 Å². The van der Waals surface area contributed by atoms with Gasteiger partial charge in [-0.1, -0.05) is 32.9 Å². The molecule has 0 aliphatic heterocycles. The van der Waals surface area contributed by atoms with Gasteiger partial charge in [0.05, 0.1) is 13.7 Å². The fraction of sp³-hybridized carbons (Fsp3) is 0.300. The average Bonchev–Trinajstić information content (AvgIpc) is 2.59. The summed E-state index contributed by atoms with van der Waals surface area (Å²) in [5.74, 6) is 0.450. The minimum atomic E-state index is -0.486. The summed E-state index contributed by atoms with van der Waals surface area (Å²) in [7, 11) is 1.59. The third-order valence-electron chi connectivity index (χ3n) is 3.61. The van der Waals surface area contributed by atoms with Gasteiger partial charge in [-0.2, -0.15) is 0 Å². The molecule has 26 heavy (non-hydrogen) atoms. The Kier molecular flexibility index (Phi) is 6.22. The second kappa shape index (κ2) is 8.38. The van der Waals surface area contributed by atoms with Crippen LogP contribution < -0.4 is 20.7 Å². The van der Waals surface area contributed by atoms with Crippen LogP contribution >= 0.6 is 0 Å². The van der Waals surface area contributed by atoms with Crippen molar-refractivity contribution in [1.82, 2.24) is 0 Å². The number of carbonyl (C=O) groups is 2. The first-order valence-electron chi connectivity index (χ1n) is 8.37. The molecule has 0 aliphatic carbocycles. The lowest BCUT2D eigenvalue weighted by Crippen LogP contribution is -2.27. The first-order valence-corrected chi connectivity index (χ1v) is 8.37. The molecule has 0 bridgehead atoms. The van der Waals surface area contributed by atoms with Crippen LogP contribution in [0.1, 0.15) is 20.8 Å². The summed E-state index contributed by atoms with van der Waals surface area (Å²) in [6, 6.07) is 14.4. The highest BCUT2D eigenvalue weighted by atomic mass is 16.5. The fourth-order valence-electron chi connectivity index (χ4n) is 2.11. The molecule has 0 spiro atoms. The second-order valence-corrected chi connectivity index (χ2v) is 6.92. The number of anilines is 3. The fourth-order valence-corrected chi connectivity index (χ4v) is 2.11. The molecule has 0 unspecified atom stereocenters. The molecule has 0 aromatic heterocycles. The predicted molar refractivity (Wildman–Crippen MR) is 105 cm³/mol. The smallest absolute Gasteiger partial charge is 0.243 e. The second-order valence-electron chi connectivity index (χ2n) is 6.92. The highest BCUT2D eigenvalue weighted by Gasteiger charge is 2.21. The zero-order chi connectivity index (χ0) is 19.2. The first kappa shape index (κ1) is 19.3. The minimum Gasteiger partial charge on any atom is -0.497 e. The monoisotopic (exact) mass is 355 g/mol. The molecule has 6 nitrogen and oxygen atoms in total. The largest absolute Gasteiger partial charge is 0.497 e. The van der Waals surface area contributed by atoms with Gasteiger partial charge in [0.2, 0.25) is 11.8 Å². The zero-order valence-electron chi connectivity index (χ0n) is 15.6. The van der Waals surface area contributed by atoms with E-state index in [0.717, 1.165) is 11.4 Å². The van der Waals surface area contributed by atoms with Gasteiger partial charge in [-0.25, -0.2) is 0 Å². The van der Waals surface area contributed by atoms with E-state index in [1.54, 1.807) is 31.4 Å². The van der Waals surface area contributed by atoms with E-state index >= 15 is 0 Å². The molecule has 2 amide bonds. The van der Waals surface area contributed by atoms with Crippen molar-refractivity contribution < 1.29 is 14.3 Å². The van der Waals surface area contributed by atoms with Crippen LogP contribution in [0.5, 0.6) is 5.75 Å². The van der Waals surface area contributed by atoms with Gasteiger partial charge >= 0.3 is 0 Å². The molecule has 3 N–H and O–H groups in total. The Morgan fingerprint density at radius 1 is 0.923 bits per heavy atom. The van der Waals surface area contributed by atoms with Crippen LogP contribution in [0, 0.1) is 5.41 Å².